The second kappa shape index (κ2) is 5.04. The first-order valence-corrected chi connectivity index (χ1v) is 4.41. The number of methoxy groups -OCH3 is 3. The summed E-state index contributed by atoms with van der Waals surface area (Å²) in [5, 5.41) is 17.9. The molecule has 0 fully saturated rings. The van der Waals surface area contributed by atoms with Crippen molar-refractivity contribution in [2.75, 3.05) is 21.3 Å². The van der Waals surface area contributed by atoms with Crippen LogP contribution in [0.4, 0.5) is 4.39 Å². The minimum Gasteiger partial charge on any atom is -0.493 e. The minimum atomic E-state index is -1.95. The zero-order valence-electron chi connectivity index (χ0n) is 9.15. The molecule has 7 heteroatoms. The second-order valence-corrected chi connectivity index (χ2v) is 2.92. The summed E-state index contributed by atoms with van der Waals surface area (Å²) in [6.07, 6.45) is 0. The fourth-order valence-electron chi connectivity index (χ4n) is 1.33. The summed E-state index contributed by atoms with van der Waals surface area (Å²) >= 11 is 0. The van der Waals surface area contributed by atoms with Crippen molar-refractivity contribution in [3.63, 3.8) is 0 Å². The van der Waals surface area contributed by atoms with E-state index < -0.39 is 12.9 Å². The lowest BCUT2D eigenvalue weighted by Crippen LogP contribution is -2.33. The summed E-state index contributed by atoms with van der Waals surface area (Å²) in [4.78, 5) is 0. The van der Waals surface area contributed by atoms with Crippen molar-refractivity contribution in [3.8, 4) is 17.2 Å². The van der Waals surface area contributed by atoms with Gasteiger partial charge in [0.05, 0.1) is 21.3 Å². The fourth-order valence-corrected chi connectivity index (χ4v) is 1.33. The molecule has 1 aromatic carbocycles. The van der Waals surface area contributed by atoms with Gasteiger partial charge in [0.25, 0.3) is 0 Å². The number of benzene rings is 1. The predicted molar refractivity (Wildman–Crippen MR) is 55.9 cm³/mol. The van der Waals surface area contributed by atoms with Crippen molar-refractivity contribution in [3.05, 3.63) is 11.9 Å². The predicted octanol–water partition coefficient (Wildman–Crippen LogP) is -0.469. The van der Waals surface area contributed by atoms with Crippen LogP contribution in [-0.4, -0.2) is 38.5 Å². The highest BCUT2D eigenvalue weighted by atomic mass is 19.1. The molecule has 0 aromatic heterocycles. The highest BCUT2D eigenvalue weighted by molar-refractivity contribution is 6.58. The summed E-state index contributed by atoms with van der Waals surface area (Å²) < 4.78 is 28.4. The first kappa shape index (κ1) is 12.6. The molecule has 1 rings (SSSR count). The Morgan fingerprint density at radius 1 is 1.06 bits per heavy atom. The van der Waals surface area contributed by atoms with Gasteiger partial charge in [0.1, 0.15) is 0 Å². The number of hydrogen-bond acceptors (Lipinski definition) is 5. The Hall–Kier alpha value is -1.47. The molecule has 0 radical (unpaired) electrons. The van der Waals surface area contributed by atoms with Crippen LogP contribution in [-0.2, 0) is 0 Å². The molecule has 0 amide bonds. The zero-order chi connectivity index (χ0) is 12.3. The fraction of sp³-hybridized carbons (Fsp3) is 0.333. The lowest BCUT2D eigenvalue weighted by Gasteiger charge is -2.15. The molecule has 5 nitrogen and oxygen atoms in total. The van der Waals surface area contributed by atoms with Crippen molar-refractivity contribution < 1.29 is 28.6 Å². The average molecular weight is 230 g/mol. The molecule has 0 saturated carbocycles. The van der Waals surface area contributed by atoms with Gasteiger partial charge >= 0.3 is 7.12 Å². The lowest BCUT2D eigenvalue weighted by molar-refractivity contribution is 0.312. The van der Waals surface area contributed by atoms with Crippen LogP contribution in [0.3, 0.4) is 0 Å². The Bertz CT molecular complexity index is 383. The SMILES string of the molecule is COc1cc(B(O)O)c(F)c(OC)c1OC. The molecule has 0 saturated heterocycles. The van der Waals surface area contributed by atoms with Crippen LogP contribution in [0.1, 0.15) is 0 Å². The molecule has 16 heavy (non-hydrogen) atoms. The first-order valence-electron chi connectivity index (χ1n) is 4.41. The number of rotatable bonds is 4. The Labute approximate surface area is 92.5 Å². The smallest absolute Gasteiger partial charge is 0.491 e. The second-order valence-electron chi connectivity index (χ2n) is 2.92. The molecule has 0 bridgehead atoms. The minimum absolute atomic E-state index is 0.0619. The van der Waals surface area contributed by atoms with Crippen molar-refractivity contribution >= 4 is 12.6 Å². The van der Waals surface area contributed by atoms with Crippen LogP contribution in [0.2, 0.25) is 0 Å². The normalized spacial score (nSPS) is 9.88. The molecule has 0 aliphatic carbocycles. The zero-order valence-corrected chi connectivity index (χ0v) is 9.15. The van der Waals surface area contributed by atoms with E-state index in [4.69, 9.17) is 24.3 Å². The summed E-state index contributed by atoms with van der Waals surface area (Å²) in [6.45, 7) is 0. The maximum atomic E-state index is 13.7. The number of hydrogen-bond donors (Lipinski definition) is 2. The van der Waals surface area contributed by atoms with Crippen LogP contribution >= 0.6 is 0 Å². The molecular formula is C9H12BFO5. The summed E-state index contributed by atoms with van der Waals surface area (Å²) in [6, 6.07) is 1.14. The van der Waals surface area contributed by atoms with E-state index in [1.807, 2.05) is 0 Å². The largest absolute Gasteiger partial charge is 0.493 e. The molecule has 0 spiro atoms. The van der Waals surface area contributed by atoms with E-state index in [9.17, 15) is 4.39 Å². The van der Waals surface area contributed by atoms with Crippen LogP contribution in [0, 0.1) is 5.82 Å². The number of halogens is 1. The van der Waals surface area contributed by atoms with E-state index >= 15 is 0 Å². The quantitative estimate of drug-likeness (QED) is 0.684. The third-order valence-corrected chi connectivity index (χ3v) is 2.08. The highest BCUT2D eigenvalue weighted by Gasteiger charge is 2.26. The summed E-state index contributed by atoms with van der Waals surface area (Å²) in [7, 11) is 1.97. The molecule has 0 aliphatic heterocycles. The monoisotopic (exact) mass is 230 g/mol. The third-order valence-electron chi connectivity index (χ3n) is 2.08. The molecule has 0 atom stereocenters. The van der Waals surface area contributed by atoms with Crippen LogP contribution in [0.15, 0.2) is 6.07 Å². The van der Waals surface area contributed by atoms with Gasteiger partial charge < -0.3 is 24.3 Å². The van der Waals surface area contributed by atoms with Gasteiger partial charge in [-0.25, -0.2) is 4.39 Å². The van der Waals surface area contributed by atoms with Crippen LogP contribution in [0.25, 0.3) is 0 Å². The van der Waals surface area contributed by atoms with Gasteiger partial charge in [0, 0.05) is 5.46 Å². The van der Waals surface area contributed by atoms with Crippen molar-refractivity contribution in [1.29, 1.82) is 0 Å². The van der Waals surface area contributed by atoms with Crippen LogP contribution < -0.4 is 19.7 Å². The molecule has 0 aliphatic rings. The number of ether oxygens (including phenoxy) is 3. The first-order chi connectivity index (χ1) is 7.56. The maximum Gasteiger partial charge on any atom is 0.491 e. The molecule has 2 N–H and O–H groups in total. The van der Waals surface area contributed by atoms with E-state index in [0.717, 1.165) is 6.07 Å². The van der Waals surface area contributed by atoms with Gasteiger partial charge in [-0.2, -0.15) is 0 Å². The Morgan fingerprint density at radius 2 is 1.62 bits per heavy atom. The van der Waals surface area contributed by atoms with Gasteiger partial charge in [-0.05, 0) is 6.07 Å². The molecule has 0 heterocycles. The molecule has 1 aromatic rings. The van der Waals surface area contributed by atoms with Crippen molar-refractivity contribution in [1.82, 2.24) is 0 Å². The standard InChI is InChI=1S/C9H12BFO5/c1-14-6-4-5(10(12)13)7(11)9(16-3)8(6)15-2/h4,12-13H,1-3H3. The van der Waals surface area contributed by atoms with Crippen LogP contribution in [0.5, 0.6) is 17.2 Å². The van der Waals surface area contributed by atoms with E-state index in [-0.39, 0.29) is 22.7 Å². The Balaban J connectivity index is 3.48. The Morgan fingerprint density at radius 3 is 2.00 bits per heavy atom. The maximum absolute atomic E-state index is 13.7. The molecule has 0 unspecified atom stereocenters. The van der Waals surface area contributed by atoms with E-state index in [2.05, 4.69) is 0 Å². The van der Waals surface area contributed by atoms with E-state index in [0.29, 0.717) is 0 Å². The highest BCUT2D eigenvalue weighted by Crippen LogP contribution is 2.37. The van der Waals surface area contributed by atoms with Gasteiger partial charge in [-0.3, -0.25) is 0 Å². The Kier molecular flexibility index (Phi) is 3.97. The molecule has 88 valence electrons. The third kappa shape index (κ3) is 2.05. The van der Waals surface area contributed by atoms with Gasteiger partial charge in [0.2, 0.25) is 5.75 Å². The van der Waals surface area contributed by atoms with Gasteiger partial charge in [-0.1, -0.05) is 0 Å². The van der Waals surface area contributed by atoms with E-state index in [1.54, 1.807) is 0 Å². The van der Waals surface area contributed by atoms with Crippen molar-refractivity contribution in [2.24, 2.45) is 0 Å². The molecular weight excluding hydrogens is 218 g/mol. The average Bonchev–Trinajstić information content (AvgIpc) is 2.27. The van der Waals surface area contributed by atoms with Gasteiger partial charge in [0.15, 0.2) is 17.3 Å². The summed E-state index contributed by atoms with van der Waals surface area (Å²) in [5.41, 5.74) is -0.338. The topological polar surface area (TPSA) is 68.2 Å². The van der Waals surface area contributed by atoms with Gasteiger partial charge in [-0.15, -0.1) is 0 Å². The lowest BCUT2D eigenvalue weighted by atomic mass is 9.79. The van der Waals surface area contributed by atoms with E-state index in [1.165, 1.54) is 21.3 Å². The summed E-state index contributed by atoms with van der Waals surface area (Å²) in [5.74, 6) is -0.907. The van der Waals surface area contributed by atoms with Crippen molar-refractivity contribution in [2.45, 2.75) is 0 Å².